The van der Waals surface area contributed by atoms with E-state index in [4.69, 9.17) is 0 Å². The number of pyridine rings is 1. The number of urea groups is 1. The highest BCUT2D eigenvalue weighted by Crippen LogP contribution is 2.25. The van der Waals surface area contributed by atoms with Crippen LogP contribution in [0.25, 0.3) is 0 Å². The first kappa shape index (κ1) is 21.4. The van der Waals surface area contributed by atoms with Crippen LogP contribution in [-0.4, -0.2) is 35.5 Å². The molecule has 3 aromatic rings. The van der Waals surface area contributed by atoms with Gasteiger partial charge in [0.25, 0.3) is 0 Å². The number of rotatable bonds is 8. The van der Waals surface area contributed by atoms with Crippen molar-refractivity contribution in [3.8, 4) is 0 Å². The van der Waals surface area contributed by atoms with Crippen LogP contribution in [0.15, 0.2) is 84.0 Å². The Balaban J connectivity index is 1.32. The van der Waals surface area contributed by atoms with Gasteiger partial charge in [-0.15, -0.1) is 11.8 Å². The van der Waals surface area contributed by atoms with Gasteiger partial charge in [0, 0.05) is 24.2 Å². The van der Waals surface area contributed by atoms with E-state index in [9.17, 15) is 4.79 Å². The number of thioether (sulfide) groups is 1. The van der Waals surface area contributed by atoms with Crippen LogP contribution in [-0.2, 0) is 5.75 Å². The molecule has 1 atom stereocenters. The van der Waals surface area contributed by atoms with E-state index in [1.54, 1.807) is 18.0 Å². The average molecular weight is 433 g/mol. The van der Waals surface area contributed by atoms with E-state index in [1.807, 2.05) is 42.5 Å². The maximum atomic E-state index is 12.6. The number of carbonyl (C=O) groups is 1. The number of carbonyl (C=O) groups excluding carboxylic acids is 1. The summed E-state index contributed by atoms with van der Waals surface area (Å²) < 4.78 is 0. The molecule has 31 heavy (non-hydrogen) atoms. The molecule has 5 nitrogen and oxygen atoms in total. The van der Waals surface area contributed by atoms with Crippen LogP contribution in [0.4, 0.5) is 10.5 Å². The molecule has 160 valence electrons. The van der Waals surface area contributed by atoms with Crippen molar-refractivity contribution in [3.63, 3.8) is 0 Å². The minimum atomic E-state index is -0.172. The number of amides is 2. The molecule has 0 spiro atoms. The Kier molecular flexibility index (Phi) is 7.58. The first-order valence-corrected chi connectivity index (χ1v) is 11.7. The summed E-state index contributed by atoms with van der Waals surface area (Å²) in [5.41, 5.74) is 3.19. The fourth-order valence-electron chi connectivity index (χ4n) is 3.88. The molecule has 6 heteroatoms. The van der Waals surface area contributed by atoms with Gasteiger partial charge in [-0.2, -0.15) is 0 Å². The smallest absolute Gasteiger partial charge is 0.319 e. The van der Waals surface area contributed by atoms with Crippen molar-refractivity contribution >= 4 is 23.5 Å². The Hall–Kier alpha value is -2.83. The van der Waals surface area contributed by atoms with Gasteiger partial charge in [0.1, 0.15) is 0 Å². The van der Waals surface area contributed by atoms with Crippen LogP contribution in [0.5, 0.6) is 0 Å². The molecule has 1 saturated heterocycles. The van der Waals surface area contributed by atoms with Crippen LogP contribution in [0.3, 0.4) is 0 Å². The van der Waals surface area contributed by atoms with Gasteiger partial charge in [-0.05, 0) is 61.3 Å². The number of hydrogen-bond donors (Lipinski definition) is 2. The molecular weight excluding hydrogens is 404 g/mol. The molecule has 1 aliphatic rings. The number of anilines is 1. The summed E-state index contributed by atoms with van der Waals surface area (Å²) in [6.45, 7) is 2.75. The third kappa shape index (κ3) is 6.32. The van der Waals surface area contributed by atoms with Gasteiger partial charge in [-0.3, -0.25) is 4.90 Å². The molecule has 1 fully saturated rings. The lowest BCUT2D eigenvalue weighted by molar-refractivity contribution is 0.227. The lowest BCUT2D eigenvalue weighted by Crippen LogP contribution is -2.38. The van der Waals surface area contributed by atoms with Crippen molar-refractivity contribution in [1.29, 1.82) is 0 Å². The molecule has 0 saturated carbocycles. The van der Waals surface area contributed by atoms with Crippen LogP contribution < -0.4 is 10.6 Å². The zero-order valence-corrected chi connectivity index (χ0v) is 18.4. The second-order valence-corrected chi connectivity index (χ2v) is 8.66. The van der Waals surface area contributed by atoms with Gasteiger partial charge >= 0.3 is 6.03 Å². The summed E-state index contributed by atoms with van der Waals surface area (Å²) in [5, 5.41) is 7.05. The Morgan fingerprint density at radius 3 is 2.58 bits per heavy atom. The fourth-order valence-corrected chi connectivity index (χ4v) is 4.68. The number of likely N-dealkylation sites (tertiary alicyclic amines) is 1. The van der Waals surface area contributed by atoms with E-state index >= 15 is 0 Å². The predicted molar refractivity (Wildman–Crippen MR) is 127 cm³/mol. The summed E-state index contributed by atoms with van der Waals surface area (Å²) in [5.74, 6) is 0.805. The standard InChI is InChI=1S/C25H28N4OS/c30-25(27-18-23(29-15-6-7-16-29)21-10-2-1-3-11-21)28-22-12-8-9-20(17-22)19-31-24-13-4-5-14-26-24/h1-5,8-14,17,23H,6-7,15-16,18-19H2,(H2,27,28,30). The average Bonchev–Trinajstić information content (AvgIpc) is 3.34. The van der Waals surface area contributed by atoms with Gasteiger partial charge in [0.05, 0.1) is 11.1 Å². The molecule has 0 aliphatic carbocycles. The molecule has 1 aliphatic heterocycles. The Morgan fingerprint density at radius 1 is 1.00 bits per heavy atom. The molecule has 0 bridgehead atoms. The lowest BCUT2D eigenvalue weighted by Gasteiger charge is -2.28. The summed E-state index contributed by atoms with van der Waals surface area (Å²) in [6.07, 6.45) is 4.24. The molecular formula is C25H28N4OS. The van der Waals surface area contributed by atoms with Gasteiger partial charge < -0.3 is 10.6 Å². The van der Waals surface area contributed by atoms with E-state index in [-0.39, 0.29) is 12.1 Å². The van der Waals surface area contributed by atoms with Crippen LogP contribution >= 0.6 is 11.8 Å². The predicted octanol–water partition coefficient (Wildman–Crippen LogP) is 5.33. The first-order chi connectivity index (χ1) is 15.3. The van der Waals surface area contributed by atoms with Crippen molar-refractivity contribution in [1.82, 2.24) is 15.2 Å². The molecule has 2 N–H and O–H groups in total. The number of hydrogen-bond acceptors (Lipinski definition) is 4. The number of benzene rings is 2. The first-order valence-electron chi connectivity index (χ1n) is 10.7. The maximum Gasteiger partial charge on any atom is 0.319 e. The van der Waals surface area contributed by atoms with Crippen LogP contribution in [0.2, 0.25) is 0 Å². The van der Waals surface area contributed by atoms with Crippen molar-refractivity contribution in [2.24, 2.45) is 0 Å². The lowest BCUT2D eigenvalue weighted by atomic mass is 10.1. The number of nitrogens with zero attached hydrogens (tertiary/aromatic N) is 2. The monoisotopic (exact) mass is 432 g/mol. The van der Waals surface area contributed by atoms with Gasteiger partial charge in [-0.1, -0.05) is 48.5 Å². The Bertz CT molecular complexity index is 962. The second kappa shape index (κ2) is 11.0. The summed E-state index contributed by atoms with van der Waals surface area (Å²) in [4.78, 5) is 19.4. The Labute approximate surface area is 188 Å². The zero-order chi connectivity index (χ0) is 21.3. The van der Waals surface area contributed by atoms with Gasteiger partial charge in [-0.25, -0.2) is 9.78 Å². The van der Waals surface area contributed by atoms with Gasteiger partial charge in [0.2, 0.25) is 0 Å². The summed E-state index contributed by atoms with van der Waals surface area (Å²) in [6, 6.07) is 24.4. The van der Waals surface area contributed by atoms with Crippen LogP contribution in [0, 0.1) is 0 Å². The summed E-state index contributed by atoms with van der Waals surface area (Å²) >= 11 is 1.68. The Morgan fingerprint density at radius 2 is 1.81 bits per heavy atom. The molecule has 4 rings (SSSR count). The topological polar surface area (TPSA) is 57.3 Å². The second-order valence-electron chi connectivity index (χ2n) is 7.66. The quantitative estimate of drug-likeness (QED) is 0.472. The van der Waals surface area contributed by atoms with Crippen LogP contribution in [0.1, 0.15) is 30.0 Å². The third-order valence-electron chi connectivity index (χ3n) is 5.43. The van der Waals surface area contributed by atoms with Gasteiger partial charge in [0.15, 0.2) is 0 Å². The summed E-state index contributed by atoms with van der Waals surface area (Å²) in [7, 11) is 0. The molecule has 1 unspecified atom stereocenters. The van der Waals surface area contributed by atoms with E-state index < -0.39 is 0 Å². The van der Waals surface area contributed by atoms with Crippen molar-refractivity contribution in [3.05, 3.63) is 90.1 Å². The fraction of sp³-hybridized carbons (Fsp3) is 0.280. The normalized spacial score (nSPS) is 14.8. The largest absolute Gasteiger partial charge is 0.336 e. The highest BCUT2D eigenvalue weighted by molar-refractivity contribution is 7.98. The van der Waals surface area contributed by atoms with E-state index in [2.05, 4.69) is 50.8 Å². The third-order valence-corrected chi connectivity index (χ3v) is 6.45. The van der Waals surface area contributed by atoms with Crippen molar-refractivity contribution in [2.45, 2.75) is 29.7 Å². The minimum absolute atomic E-state index is 0.172. The molecule has 2 heterocycles. The number of nitrogens with one attached hydrogen (secondary N) is 2. The SMILES string of the molecule is O=C(NCC(c1ccccc1)N1CCCC1)Nc1cccc(CSc2ccccn2)c1. The molecule has 0 radical (unpaired) electrons. The maximum absolute atomic E-state index is 12.6. The zero-order valence-electron chi connectivity index (χ0n) is 17.5. The number of aromatic nitrogens is 1. The van der Waals surface area contributed by atoms with E-state index in [0.717, 1.165) is 35.1 Å². The molecule has 2 aromatic carbocycles. The molecule has 2 amide bonds. The molecule has 1 aromatic heterocycles. The minimum Gasteiger partial charge on any atom is -0.336 e. The van der Waals surface area contributed by atoms with E-state index in [1.165, 1.54) is 18.4 Å². The van der Waals surface area contributed by atoms with Crippen molar-refractivity contribution < 1.29 is 4.79 Å². The van der Waals surface area contributed by atoms with Crippen molar-refractivity contribution in [2.75, 3.05) is 25.0 Å². The highest BCUT2D eigenvalue weighted by Gasteiger charge is 2.23. The van der Waals surface area contributed by atoms with E-state index in [0.29, 0.717) is 6.54 Å². The highest BCUT2D eigenvalue weighted by atomic mass is 32.2.